The summed E-state index contributed by atoms with van der Waals surface area (Å²) in [5, 5.41) is 0. The molecule has 0 bridgehead atoms. The molecule has 0 aromatic carbocycles. The first-order valence-corrected chi connectivity index (χ1v) is 4.20. The van der Waals surface area contributed by atoms with E-state index < -0.39 is 0 Å². The van der Waals surface area contributed by atoms with Crippen LogP contribution in [0, 0.1) is 13.8 Å². The molecule has 0 atom stereocenters. The summed E-state index contributed by atoms with van der Waals surface area (Å²) in [6.07, 6.45) is 5.38. The van der Waals surface area contributed by atoms with Crippen molar-refractivity contribution < 1.29 is 0 Å². The number of aryl methyl sites for hydroxylation is 2. The smallest absolute Gasteiger partial charge is 0.138 e. The second-order valence-electron chi connectivity index (χ2n) is 3.04. The van der Waals surface area contributed by atoms with Gasteiger partial charge in [0.15, 0.2) is 0 Å². The van der Waals surface area contributed by atoms with E-state index in [1.54, 1.807) is 12.5 Å². The Morgan fingerprint density at radius 1 is 1.23 bits per heavy atom. The van der Waals surface area contributed by atoms with Crippen molar-refractivity contribution in [2.45, 2.75) is 13.8 Å². The highest BCUT2D eigenvalue weighted by Gasteiger charge is 1.98. The second kappa shape index (κ2) is 3.01. The molecular formula is C10H11N3. The number of nitrogens with zero attached hydrogens (tertiary/aromatic N) is 3. The lowest BCUT2D eigenvalue weighted by Gasteiger charge is -2.03. The maximum Gasteiger partial charge on any atom is 0.138 e. The summed E-state index contributed by atoms with van der Waals surface area (Å²) in [5.74, 6) is 0.917. The van der Waals surface area contributed by atoms with Gasteiger partial charge in [0, 0.05) is 18.1 Å². The van der Waals surface area contributed by atoms with Gasteiger partial charge >= 0.3 is 0 Å². The van der Waals surface area contributed by atoms with Crippen molar-refractivity contribution in [3.63, 3.8) is 0 Å². The van der Waals surface area contributed by atoms with Gasteiger partial charge in [-0.15, -0.1) is 0 Å². The summed E-state index contributed by atoms with van der Waals surface area (Å²) in [5.41, 5.74) is 2.27. The van der Waals surface area contributed by atoms with Crippen LogP contribution in [0.25, 0.3) is 5.82 Å². The van der Waals surface area contributed by atoms with Gasteiger partial charge in [0.1, 0.15) is 12.1 Å². The zero-order valence-corrected chi connectivity index (χ0v) is 7.73. The van der Waals surface area contributed by atoms with Crippen LogP contribution in [-0.4, -0.2) is 14.5 Å². The average Bonchev–Trinajstić information content (AvgIpc) is 2.62. The third-order valence-corrected chi connectivity index (χ3v) is 2.10. The van der Waals surface area contributed by atoms with Crippen LogP contribution in [0.5, 0.6) is 0 Å². The van der Waals surface area contributed by atoms with Crippen LogP contribution in [0.4, 0.5) is 0 Å². The first-order valence-electron chi connectivity index (χ1n) is 4.20. The summed E-state index contributed by atoms with van der Waals surface area (Å²) in [4.78, 5) is 8.41. The molecule has 0 saturated carbocycles. The Labute approximate surface area is 77.1 Å². The van der Waals surface area contributed by atoms with E-state index in [0.29, 0.717) is 0 Å². The molecule has 2 aromatic rings. The van der Waals surface area contributed by atoms with Gasteiger partial charge in [-0.05, 0) is 25.5 Å². The number of aromatic nitrogens is 3. The van der Waals surface area contributed by atoms with Crippen molar-refractivity contribution in [2.24, 2.45) is 0 Å². The Hall–Kier alpha value is -1.64. The molecule has 0 aliphatic heterocycles. The van der Waals surface area contributed by atoms with E-state index in [1.807, 2.05) is 23.8 Å². The summed E-state index contributed by atoms with van der Waals surface area (Å²) >= 11 is 0. The van der Waals surface area contributed by atoms with Gasteiger partial charge in [-0.2, -0.15) is 0 Å². The third-order valence-electron chi connectivity index (χ3n) is 2.10. The van der Waals surface area contributed by atoms with E-state index >= 15 is 0 Å². The van der Waals surface area contributed by atoms with Crippen LogP contribution in [0.1, 0.15) is 11.3 Å². The maximum atomic E-state index is 4.44. The quantitative estimate of drug-likeness (QED) is 0.659. The first kappa shape index (κ1) is 7.98. The van der Waals surface area contributed by atoms with Gasteiger partial charge in [-0.25, -0.2) is 9.97 Å². The summed E-state index contributed by atoms with van der Waals surface area (Å²) in [6, 6.07) is 4.06. The Balaban J connectivity index is 2.49. The minimum absolute atomic E-state index is 0.917. The summed E-state index contributed by atoms with van der Waals surface area (Å²) in [6.45, 7) is 4.07. The molecule has 3 nitrogen and oxygen atoms in total. The molecule has 0 spiro atoms. The molecule has 2 heterocycles. The fourth-order valence-electron chi connectivity index (χ4n) is 1.16. The zero-order valence-electron chi connectivity index (χ0n) is 7.73. The van der Waals surface area contributed by atoms with Gasteiger partial charge in [-0.1, -0.05) is 6.07 Å². The summed E-state index contributed by atoms with van der Waals surface area (Å²) < 4.78 is 1.90. The van der Waals surface area contributed by atoms with Gasteiger partial charge in [-0.3, -0.25) is 4.57 Å². The van der Waals surface area contributed by atoms with Crippen molar-refractivity contribution >= 4 is 0 Å². The molecule has 0 unspecified atom stereocenters. The van der Waals surface area contributed by atoms with E-state index in [4.69, 9.17) is 0 Å². The Kier molecular flexibility index (Phi) is 1.85. The molecule has 0 N–H and O–H groups in total. The van der Waals surface area contributed by atoms with Crippen LogP contribution in [0.3, 0.4) is 0 Å². The Morgan fingerprint density at radius 2 is 2.08 bits per heavy atom. The SMILES string of the molecule is Cc1ccc(-n2ccnc2)nc1C. The number of rotatable bonds is 1. The van der Waals surface area contributed by atoms with Crippen LogP contribution >= 0.6 is 0 Å². The van der Waals surface area contributed by atoms with Crippen molar-refractivity contribution in [1.82, 2.24) is 14.5 Å². The molecule has 2 rings (SSSR count). The fraction of sp³-hybridized carbons (Fsp3) is 0.200. The Bertz CT molecular complexity index is 404. The topological polar surface area (TPSA) is 30.7 Å². The van der Waals surface area contributed by atoms with Crippen LogP contribution in [0.2, 0.25) is 0 Å². The Morgan fingerprint density at radius 3 is 2.69 bits per heavy atom. The lowest BCUT2D eigenvalue weighted by molar-refractivity contribution is 0.967. The molecular weight excluding hydrogens is 162 g/mol. The fourth-order valence-corrected chi connectivity index (χ4v) is 1.16. The molecule has 0 aliphatic rings. The van der Waals surface area contributed by atoms with Crippen molar-refractivity contribution in [3.8, 4) is 5.82 Å². The predicted molar refractivity (Wildman–Crippen MR) is 50.8 cm³/mol. The minimum atomic E-state index is 0.917. The molecule has 3 heteroatoms. The number of imidazole rings is 1. The van der Waals surface area contributed by atoms with E-state index in [1.165, 1.54) is 5.56 Å². The van der Waals surface area contributed by atoms with E-state index in [-0.39, 0.29) is 0 Å². The molecule has 0 radical (unpaired) electrons. The normalized spacial score (nSPS) is 10.3. The lowest BCUT2D eigenvalue weighted by atomic mass is 10.2. The molecule has 0 amide bonds. The third kappa shape index (κ3) is 1.45. The van der Waals surface area contributed by atoms with Gasteiger partial charge in [0.05, 0.1) is 0 Å². The van der Waals surface area contributed by atoms with Crippen LogP contribution in [0.15, 0.2) is 30.9 Å². The highest BCUT2D eigenvalue weighted by molar-refractivity contribution is 5.29. The molecule has 0 saturated heterocycles. The van der Waals surface area contributed by atoms with E-state index in [0.717, 1.165) is 11.5 Å². The largest absolute Gasteiger partial charge is 0.291 e. The predicted octanol–water partition coefficient (Wildman–Crippen LogP) is 1.88. The highest BCUT2D eigenvalue weighted by atomic mass is 15.1. The van der Waals surface area contributed by atoms with Crippen molar-refractivity contribution in [3.05, 3.63) is 42.1 Å². The summed E-state index contributed by atoms with van der Waals surface area (Å²) in [7, 11) is 0. The number of pyridine rings is 1. The van der Waals surface area contributed by atoms with Gasteiger partial charge < -0.3 is 0 Å². The molecule has 66 valence electrons. The first-order chi connectivity index (χ1) is 6.27. The molecule has 2 aromatic heterocycles. The second-order valence-corrected chi connectivity index (χ2v) is 3.04. The standard InChI is InChI=1S/C10H11N3/c1-8-3-4-10(12-9(8)2)13-6-5-11-7-13/h3-7H,1-2H3. The van der Waals surface area contributed by atoms with Crippen molar-refractivity contribution in [2.75, 3.05) is 0 Å². The van der Waals surface area contributed by atoms with Crippen LogP contribution < -0.4 is 0 Å². The van der Waals surface area contributed by atoms with Crippen molar-refractivity contribution in [1.29, 1.82) is 0 Å². The van der Waals surface area contributed by atoms with Gasteiger partial charge in [0.2, 0.25) is 0 Å². The van der Waals surface area contributed by atoms with Gasteiger partial charge in [0.25, 0.3) is 0 Å². The maximum absolute atomic E-state index is 4.44. The zero-order chi connectivity index (χ0) is 9.26. The lowest BCUT2D eigenvalue weighted by Crippen LogP contribution is -1.96. The number of hydrogen-bond acceptors (Lipinski definition) is 2. The highest BCUT2D eigenvalue weighted by Crippen LogP contribution is 2.08. The molecule has 13 heavy (non-hydrogen) atoms. The molecule has 0 fully saturated rings. The molecule has 0 aliphatic carbocycles. The van der Waals surface area contributed by atoms with Crippen LogP contribution in [-0.2, 0) is 0 Å². The number of hydrogen-bond donors (Lipinski definition) is 0. The average molecular weight is 173 g/mol. The minimum Gasteiger partial charge on any atom is -0.291 e. The van der Waals surface area contributed by atoms with E-state index in [2.05, 4.69) is 23.0 Å². The monoisotopic (exact) mass is 173 g/mol. The van der Waals surface area contributed by atoms with E-state index in [9.17, 15) is 0 Å².